The SMILES string of the molecule is O=C(NC(Cc1ccc(Cl)c(Cl)c1)C(=O)N1CCC[C@H](Cc2ccccc2)C1)N[C@@H]1CCCNC1. The number of likely N-dealkylation sites (tertiary alicyclic amines) is 1. The summed E-state index contributed by atoms with van der Waals surface area (Å²) in [6, 6.07) is 14.8. The molecule has 3 amide bonds. The van der Waals surface area contributed by atoms with Gasteiger partial charge in [-0.15, -0.1) is 0 Å². The summed E-state index contributed by atoms with van der Waals surface area (Å²) in [6.45, 7) is 3.11. The van der Waals surface area contributed by atoms with E-state index in [0.29, 0.717) is 35.5 Å². The largest absolute Gasteiger partial charge is 0.341 e. The van der Waals surface area contributed by atoms with Crippen LogP contribution in [-0.2, 0) is 17.6 Å². The van der Waals surface area contributed by atoms with Crippen molar-refractivity contribution >= 4 is 35.1 Å². The monoisotopic (exact) mass is 516 g/mol. The van der Waals surface area contributed by atoms with E-state index in [4.69, 9.17) is 23.2 Å². The van der Waals surface area contributed by atoms with Gasteiger partial charge in [0.1, 0.15) is 6.04 Å². The van der Waals surface area contributed by atoms with Gasteiger partial charge in [0, 0.05) is 32.1 Å². The molecule has 0 aliphatic carbocycles. The van der Waals surface area contributed by atoms with Gasteiger partial charge < -0.3 is 20.9 Å². The highest BCUT2D eigenvalue weighted by Gasteiger charge is 2.31. The Hall–Kier alpha value is -2.28. The van der Waals surface area contributed by atoms with Crippen molar-refractivity contribution in [3.63, 3.8) is 0 Å². The first-order chi connectivity index (χ1) is 17.0. The fraction of sp³-hybridized carbons (Fsp3) is 0.481. The van der Waals surface area contributed by atoms with E-state index in [1.807, 2.05) is 17.0 Å². The molecule has 2 fully saturated rings. The van der Waals surface area contributed by atoms with Crippen molar-refractivity contribution in [2.45, 2.75) is 50.6 Å². The maximum Gasteiger partial charge on any atom is 0.315 e. The van der Waals surface area contributed by atoms with Crippen molar-refractivity contribution in [2.75, 3.05) is 26.2 Å². The molecular formula is C27H34Cl2N4O2. The summed E-state index contributed by atoms with van der Waals surface area (Å²) in [6.07, 6.45) is 5.31. The Morgan fingerprint density at radius 2 is 1.86 bits per heavy atom. The molecule has 0 spiro atoms. The van der Waals surface area contributed by atoms with Crippen LogP contribution in [0.3, 0.4) is 0 Å². The Bertz CT molecular complexity index is 998. The number of nitrogens with zero attached hydrogens (tertiary/aromatic N) is 1. The second kappa shape index (κ2) is 12.6. The average Bonchev–Trinajstić information content (AvgIpc) is 2.87. The van der Waals surface area contributed by atoms with Gasteiger partial charge in [-0.2, -0.15) is 0 Å². The van der Waals surface area contributed by atoms with Crippen LogP contribution in [0.4, 0.5) is 4.79 Å². The van der Waals surface area contributed by atoms with Crippen molar-refractivity contribution in [1.29, 1.82) is 0 Å². The third-order valence-electron chi connectivity index (χ3n) is 6.86. The number of nitrogens with one attached hydrogen (secondary N) is 3. The molecule has 0 aromatic heterocycles. The van der Waals surface area contributed by atoms with Gasteiger partial charge in [-0.3, -0.25) is 4.79 Å². The van der Waals surface area contributed by atoms with Gasteiger partial charge in [0.25, 0.3) is 0 Å². The zero-order valence-electron chi connectivity index (χ0n) is 19.9. The minimum Gasteiger partial charge on any atom is -0.341 e. The van der Waals surface area contributed by atoms with E-state index in [-0.39, 0.29) is 18.0 Å². The molecule has 0 saturated carbocycles. The van der Waals surface area contributed by atoms with Gasteiger partial charge in [0.2, 0.25) is 5.91 Å². The normalized spacial score (nSPS) is 21.3. The Balaban J connectivity index is 1.44. The van der Waals surface area contributed by atoms with Gasteiger partial charge in [0.15, 0.2) is 0 Å². The first-order valence-corrected chi connectivity index (χ1v) is 13.3. The molecule has 6 nitrogen and oxygen atoms in total. The number of hydrogen-bond acceptors (Lipinski definition) is 3. The number of piperidine rings is 2. The smallest absolute Gasteiger partial charge is 0.315 e. The molecule has 8 heteroatoms. The number of carbonyl (C=O) groups is 2. The molecule has 188 valence electrons. The molecule has 2 aliphatic heterocycles. The molecule has 2 aromatic carbocycles. The van der Waals surface area contributed by atoms with E-state index in [1.165, 1.54) is 5.56 Å². The Morgan fingerprint density at radius 3 is 2.60 bits per heavy atom. The van der Waals surface area contributed by atoms with Crippen molar-refractivity contribution in [1.82, 2.24) is 20.9 Å². The summed E-state index contributed by atoms with van der Waals surface area (Å²) < 4.78 is 0. The van der Waals surface area contributed by atoms with Gasteiger partial charge in [0.05, 0.1) is 10.0 Å². The van der Waals surface area contributed by atoms with Crippen LogP contribution in [0.25, 0.3) is 0 Å². The fourth-order valence-corrected chi connectivity index (χ4v) is 5.38. The lowest BCUT2D eigenvalue weighted by Crippen LogP contribution is -2.56. The van der Waals surface area contributed by atoms with Crippen LogP contribution in [-0.4, -0.2) is 55.1 Å². The topological polar surface area (TPSA) is 73.5 Å². The number of amides is 3. The van der Waals surface area contributed by atoms with Crippen LogP contribution in [0, 0.1) is 5.92 Å². The molecule has 0 radical (unpaired) electrons. The molecule has 2 aromatic rings. The summed E-state index contributed by atoms with van der Waals surface area (Å²) in [4.78, 5) is 28.5. The van der Waals surface area contributed by atoms with Gasteiger partial charge in [-0.1, -0.05) is 59.6 Å². The standard InChI is InChI=1S/C27H34Cl2N4O2/c28-23-11-10-20(15-24(23)29)16-25(32-27(35)31-22-9-4-12-30-17-22)26(34)33-13-5-8-21(18-33)14-19-6-2-1-3-7-19/h1-3,6-7,10-11,15,21-22,25,30H,4-5,8-9,12-14,16-18H2,(H2,31,32,35)/t21-,22-,25?/m1/s1. The number of hydrogen-bond donors (Lipinski definition) is 3. The first-order valence-electron chi connectivity index (χ1n) is 12.5. The van der Waals surface area contributed by atoms with E-state index in [9.17, 15) is 9.59 Å². The summed E-state index contributed by atoms with van der Waals surface area (Å²) in [7, 11) is 0. The van der Waals surface area contributed by atoms with Crippen molar-refractivity contribution < 1.29 is 9.59 Å². The third kappa shape index (κ3) is 7.60. The molecule has 35 heavy (non-hydrogen) atoms. The minimum atomic E-state index is -0.681. The minimum absolute atomic E-state index is 0.0502. The summed E-state index contributed by atoms with van der Waals surface area (Å²) in [5.41, 5.74) is 2.15. The van der Waals surface area contributed by atoms with Crippen LogP contribution in [0.15, 0.2) is 48.5 Å². The number of benzene rings is 2. The van der Waals surface area contributed by atoms with Gasteiger partial charge >= 0.3 is 6.03 Å². The lowest BCUT2D eigenvalue weighted by atomic mass is 9.90. The molecule has 4 rings (SSSR count). The van der Waals surface area contributed by atoms with Crippen LogP contribution < -0.4 is 16.0 Å². The zero-order chi connectivity index (χ0) is 24.6. The second-order valence-electron chi connectivity index (χ2n) is 9.65. The molecule has 2 heterocycles. The van der Waals surface area contributed by atoms with E-state index in [2.05, 4.69) is 40.2 Å². The van der Waals surface area contributed by atoms with E-state index in [1.54, 1.807) is 12.1 Å². The van der Waals surface area contributed by atoms with Crippen molar-refractivity contribution in [3.05, 3.63) is 69.7 Å². The quantitative estimate of drug-likeness (QED) is 0.509. The van der Waals surface area contributed by atoms with E-state index < -0.39 is 6.04 Å². The fourth-order valence-electron chi connectivity index (χ4n) is 5.06. The Labute approximate surface area is 217 Å². The number of urea groups is 1. The predicted molar refractivity (Wildman–Crippen MR) is 141 cm³/mol. The van der Waals surface area contributed by atoms with Crippen molar-refractivity contribution in [3.8, 4) is 0 Å². The third-order valence-corrected chi connectivity index (χ3v) is 7.60. The molecule has 1 unspecified atom stereocenters. The zero-order valence-corrected chi connectivity index (χ0v) is 21.5. The Morgan fingerprint density at radius 1 is 1.03 bits per heavy atom. The van der Waals surface area contributed by atoms with Gasteiger partial charge in [-0.05, 0) is 67.8 Å². The van der Waals surface area contributed by atoms with Crippen LogP contribution in [0.2, 0.25) is 10.0 Å². The first kappa shape index (κ1) is 25.8. The van der Waals surface area contributed by atoms with E-state index in [0.717, 1.165) is 50.8 Å². The highest BCUT2D eigenvalue weighted by atomic mass is 35.5. The molecule has 2 saturated heterocycles. The molecular weight excluding hydrogens is 483 g/mol. The highest BCUT2D eigenvalue weighted by Crippen LogP contribution is 2.25. The molecule has 3 atom stereocenters. The lowest BCUT2D eigenvalue weighted by Gasteiger charge is -2.35. The second-order valence-corrected chi connectivity index (χ2v) is 10.5. The summed E-state index contributed by atoms with van der Waals surface area (Å²) >= 11 is 12.3. The molecule has 2 aliphatic rings. The van der Waals surface area contributed by atoms with Crippen LogP contribution >= 0.6 is 23.2 Å². The Kier molecular flexibility index (Phi) is 9.30. The van der Waals surface area contributed by atoms with E-state index >= 15 is 0 Å². The highest BCUT2D eigenvalue weighted by molar-refractivity contribution is 6.42. The van der Waals surface area contributed by atoms with Crippen LogP contribution in [0.5, 0.6) is 0 Å². The van der Waals surface area contributed by atoms with Crippen molar-refractivity contribution in [2.24, 2.45) is 5.92 Å². The number of halogens is 2. The van der Waals surface area contributed by atoms with Gasteiger partial charge in [-0.25, -0.2) is 4.79 Å². The van der Waals surface area contributed by atoms with Crippen LogP contribution in [0.1, 0.15) is 36.8 Å². The molecule has 3 N–H and O–H groups in total. The summed E-state index contributed by atoms with van der Waals surface area (Å²) in [5, 5.41) is 10.2. The lowest BCUT2D eigenvalue weighted by molar-refractivity contribution is -0.135. The maximum absolute atomic E-state index is 13.7. The molecule has 0 bridgehead atoms. The number of carbonyl (C=O) groups excluding carboxylic acids is 2. The predicted octanol–water partition coefficient (Wildman–Crippen LogP) is 4.44. The summed E-state index contributed by atoms with van der Waals surface area (Å²) in [5.74, 6) is 0.355. The number of rotatable bonds is 7. The average molecular weight is 518 g/mol. The maximum atomic E-state index is 13.7.